The predicted octanol–water partition coefficient (Wildman–Crippen LogP) is 4.27. The first kappa shape index (κ1) is 20.4. The number of benzene rings is 1. The molecular weight excluding hydrogens is 414 g/mol. The highest BCUT2D eigenvalue weighted by atomic mass is 16.1. The lowest BCUT2D eigenvalue weighted by atomic mass is 10.1. The lowest BCUT2D eigenvalue weighted by molar-refractivity contribution is 0.102. The summed E-state index contributed by atoms with van der Waals surface area (Å²) >= 11 is 0. The van der Waals surface area contributed by atoms with Crippen molar-refractivity contribution in [1.29, 1.82) is 0 Å². The van der Waals surface area contributed by atoms with Gasteiger partial charge in [-0.25, -0.2) is 4.98 Å². The van der Waals surface area contributed by atoms with Crippen molar-refractivity contribution < 1.29 is 4.79 Å². The smallest absolute Gasteiger partial charge is 0.298 e. The summed E-state index contributed by atoms with van der Waals surface area (Å²) in [7, 11) is 0. The van der Waals surface area contributed by atoms with Gasteiger partial charge in [-0.05, 0) is 49.2 Å². The van der Waals surface area contributed by atoms with E-state index >= 15 is 0 Å². The van der Waals surface area contributed by atoms with E-state index in [-0.39, 0.29) is 11.9 Å². The Morgan fingerprint density at radius 2 is 1.94 bits per heavy atom. The zero-order chi connectivity index (χ0) is 22.8. The number of fused-ring (bicyclic) bond motifs is 1. The van der Waals surface area contributed by atoms with Gasteiger partial charge in [0.15, 0.2) is 5.69 Å². The third kappa shape index (κ3) is 4.31. The van der Waals surface area contributed by atoms with Crippen molar-refractivity contribution in [3.63, 3.8) is 0 Å². The van der Waals surface area contributed by atoms with E-state index in [0.29, 0.717) is 17.1 Å². The van der Waals surface area contributed by atoms with Crippen LogP contribution in [-0.2, 0) is 0 Å². The number of aromatic nitrogens is 4. The number of pyridine rings is 2. The first-order valence-electron chi connectivity index (χ1n) is 10.6. The highest BCUT2D eigenvalue weighted by molar-refractivity contribution is 6.04. The average molecular weight is 436 g/mol. The molecule has 0 bridgehead atoms. The molecule has 1 unspecified atom stereocenters. The van der Waals surface area contributed by atoms with Crippen LogP contribution in [0.5, 0.6) is 0 Å². The van der Waals surface area contributed by atoms with Gasteiger partial charge in [0.05, 0.1) is 17.8 Å². The molecule has 1 atom stereocenters. The molecule has 0 radical (unpaired) electrons. The molecule has 0 aliphatic carbocycles. The van der Waals surface area contributed by atoms with Gasteiger partial charge in [-0.3, -0.25) is 9.78 Å². The van der Waals surface area contributed by atoms with Crippen molar-refractivity contribution in [3.8, 4) is 0 Å². The van der Waals surface area contributed by atoms with Gasteiger partial charge in [-0.1, -0.05) is 23.2 Å². The monoisotopic (exact) mass is 436 g/mol. The third-order valence-corrected chi connectivity index (χ3v) is 5.30. The minimum absolute atomic E-state index is 0.0535. The van der Waals surface area contributed by atoms with Crippen molar-refractivity contribution in [2.45, 2.75) is 19.9 Å². The van der Waals surface area contributed by atoms with Crippen LogP contribution in [0, 0.1) is 6.92 Å². The molecule has 0 saturated heterocycles. The summed E-state index contributed by atoms with van der Waals surface area (Å²) in [6.45, 7) is 3.94. The van der Waals surface area contributed by atoms with Gasteiger partial charge >= 0.3 is 0 Å². The second-order valence-electron chi connectivity index (χ2n) is 7.85. The van der Waals surface area contributed by atoms with Gasteiger partial charge in [0.1, 0.15) is 12.4 Å². The fourth-order valence-corrected chi connectivity index (χ4v) is 3.59. The molecule has 3 aromatic heterocycles. The van der Waals surface area contributed by atoms with Gasteiger partial charge in [-0.2, -0.15) is 4.58 Å². The van der Waals surface area contributed by atoms with Gasteiger partial charge in [-0.15, -0.1) is 4.98 Å². The molecular formula is C25H22N7O+. The Kier molecular flexibility index (Phi) is 5.32. The second kappa shape index (κ2) is 8.58. The molecule has 1 aliphatic rings. The maximum Gasteiger partial charge on any atom is 0.298 e. The second-order valence-corrected chi connectivity index (χ2v) is 7.85. The van der Waals surface area contributed by atoms with E-state index in [4.69, 9.17) is 4.98 Å². The van der Waals surface area contributed by atoms with Crippen molar-refractivity contribution in [3.05, 3.63) is 95.7 Å². The average Bonchev–Trinajstić information content (AvgIpc) is 2.82. The van der Waals surface area contributed by atoms with E-state index < -0.39 is 0 Å². The number of amides is 1. The zero-order valence-corrected chi connectivity index (χ0v) is 18.2. The maximum absolute atomic E-state index is 12.6. The molecule has 5 rings (SSSR count). The normalized spacial score (nSPS) is 12.7. The third-order valence-electron chi connectivity index (χ3n) is 5.30. The molecule has 4 aromatic rings. The molecule has 1 aliphatic heterocycles. The Balaban J connectivity index is 1.29. The van der Waals surface area contributed by atoms with Crippen molar-refractivity contribution in [2.75, 3.05) is 10.6 Å². The van der Waals surface area contributed by atoms with Crippen molar-refractivity contribution >= 4 is 35.3 Å². The fraction of sp³-hybridized carbons (Fsp3) is 0.120. The Hall–Kier alpha value is -4.46. The standard InChI is InChI=1S/C25H21N7O/c1-16-10-19(13-26-12-16)25(33)30-20-7-5-6-18(11-20)17(2)29-22-14-28-21-15-32(24(21)31-22)23-8-3-4-9-27-23/h3-15,17H,1-2H3,(H,30,33)/p+1. The van der Waals surface area contributed by atoms with Crippen LogP contribution in [-0.4, -0.2) is 32.1 Å². The highest BCUT2D eigenvalue weighted by Crippen LogP contribution is 2.28. The molecule has 0 spiro atoms. The Labute approximate surface area is 191 Å². The molecule has 0 fully saturated rings. The van der Waals surface area contributed by atoms with E-state index in [1.807, 2.05) is 73.2 Å². The number of anilines is 2. The molecule has 8 heteroatoms. The Morgan fingerprint density at radius 1 is 1.03 bits per heavy atom. The molecule has 1 amide bonds. The summed E-state index contributed by atoms with van der Waals surface area (Å²) in [5, 5.41) is 6.34. The predicted molar refractivity (Wildman–Crippen MR) is 128 cm³/mol. The number of hydrogen-bond donors (Lipinski definition) is 2. The number of nitrogens with zero attached hydrogens (tertiary/aromatic N) is 5. The van der Waals surface area contributed by atoms with E-state index in [1.54, 1.807) is 24.8 Å². The lowest BCUT2D eigenvalue weighted by Gasteiger charge is -2.17. The zero-order valence-electron chi connectivity index (χ0n) is 18.2. The summed E-state index contributed by atoms with van der Waals surface area (Å²) in [5.41, 5.74) is 4.01. The van der Waals surface area contributed by atoms with Crippen LogP contribution in [0.1, 0.15) is 40.1 Å². The van der Waals surface area contributed by atoms with Crippen LogP contribution >= 0.6 is 0 Å². The number of aryl methyl sites for hydroxylation is 1. The molecule has 2 N–H and O–H groups in total. The molecule has 33 heavy (non-hydrogen) atoms. The van der Waals surface area contributed by atoms with Gasteiger partial charge < -0.3 is 10.6 Å². The number of rotatable bonds is 6. The summed E-state index contributed by atoms with van der Waals surface area (Å²) in [6.07, 6.45) is 8.66. The van der Waals surface area contributed by atoms with Crippen LogP contribution in [0.4, 0.5) is 23.1 Å². The lowest BCUT2D eigenvalue weighted by Crippen LogP contribution is -2.23. The largest absolute Gasteiger partial charge is 0.349 e. The van der Waals surface area contributed by atoms with Gasteiger partial charge in [0.25, 0.3) is 17.5 Å². The number of carbonyl (C=O) groups excluding carboxylic acids is 1. The van der Waals surface area contributed by atoms with Gasteiger partial charge in [0.2, 0.25) is 5.82 Å². The summed E-state index contributed by atoms with van der Waals surface area (Å²) in [5.74, 6) is 2.04. The maximum atomic E-state index is 12.6. The first-order chi connectivity index (χ1) is 16.1. The van der Waals surface area contributed by atoms with Crippen LogP contribution in [0.2, 0.25) is 0 Å². The van der Waals surface area contributed by atoms with Crippen LogP contribution in [0.25, 0.3) is 0 Å². The fourth-order valence-electron chi connectivity index (χ4n) is 3.59. The number of hydrogen-bond acceptors (Lipinski definition) is 6. The molecule has 1 aromatic carbocycles. The van der Waals surface area contributed by atoms with E-state index in [2.05, 4.69) is 25.6 Å². The summed E-state index contributed by atoms with van der Waals surface area (Å²) in [4.78, 5) is 30.2. The van der Waals surface area contributed by atoms with Crippen LogP contribution < -0.4 is 15.2 Å². The molecule has 0 saturated carbocycles. The molecule has 4 heterocycles. The summed E-state index contributed by atoms with van der Waals surface area (Å²) in [6, 6.07) is 15.2. The van der Waals surface area contributed by atoms with Crippen molar-refractivity contribution in [2.24, 2.45) is 0 Å². The quantitative estimate of drug-likeness (QED) is 0.386. The number of carbonyl (C=O) groups is 1. The Bertz CT molecular complexity index is 1370. The van der Waals surface area contributed by atoms with Gasteiger partial charge in [0, 0.05) is 24.1 Å². The molecule has 8 nitrogen and oxygen atoms in total. The highest BCUT2D eigenvalue weighted by Gasteiger charge is 2.28. The number of nitrogens with one attached hydrogen (secondary N) is 2. The van der Waals surface area contributed by atoms with E-state index in [0.717, 1.165) is 28.5 Å². The topological polar surface area (TPSA) is 95.7 Å². The summed E-state index contributed by atoms with van der Waals surface area (Å²) < 4.78 is 1.91. The van der Waals surface area contributed by atoms with E-state index in [9.17, 15) is 4.79 Å². The molecule has 162 valence electrons. The van der Waals surface area contributed by atoms with E-state index in [1.165, 1.54) is 0 Å². The minimum Gasteiger partial charge on any atom is -0.349 e. The SMILES string of the molecule is Cc1cncc(C(=O)Nc2cccc(C(C)Nc3cnc4c(n3)[N+](c3ccccn3)=C4)c2)c1. The van der Waals surface area contributed by atoms with Crippen LogP contribution in [0.15, 0.2) is 73.3 Å². The Morgan fingerprint density at radius 3 is 2.76 bits per heavy atom. The minimum atomic E-state index is -0.192. The van der Waals surface area contributed by atoms with Crippen LogP contribution in [0.3, 0.4) is 0 Å². The first-order valence-corrected chi connectivity index (χ1v) is 10.6. The van der Waals surface area contributed by atoms with Crippen molar-refractivity contribution in [1.82, 2.24) is 24.5 Å².